The SMILES string of the molecule is CC(=O)N1c2ccc(S(=O)(=O)N3CCCCC3)cc2CC1C(=O)NCc1cccnc1. The first-order valence-corrected chi connectivity index (χ1v) is 11.9. The molecule has 31 heavy (non-hydrogen) atoms. The molecule has 1 N–H and O–H groups in total. The van der Waals surface area contributed by atoms with Gasteiger partial charge in [0.1, 0.15) is 6.04 Å². The van der Waals surface area contributed by atoms with Gasteiger partial charge in [0.2, 0.25) is 21.8 Å². The van der Waals surface area contributed by atoms with Crippen molar-refractivity contribution >= 4 is 27.5 Å². The molecule has 1 aromatic heterocycles. The first-order chi connectivity index (χ1) is 14.9. The largest absolute Gasteiger partial charge is 0.350 e. The molecule has 1 atom stereocenters. The topological polar surface area (TPSA) is 99.7 Å². The van der Waals surface area contributed by atoms with Gasteiger partial charge in [0.05, 0.1) is 4.90 Å². The third-order valence-electron chi connectivity index (χ3n) is 5.82. The van der Waals surface area contributed by atoms with Crippen LogP contribution in [0, 0.1) is 0 Å². The van der Waals surface area contributed by atoms with Crippen molar-refractivity contribution in [3.05, 3.63) is 53.9 Å². The first-order valence-electron chi connectivity index (χ1n) is 10.5. The second-order valence-electron chi connectivity index (χ2n) is 7.94. The number of pyridine rings is 1. The number of anilines is 1. The molecule has 2 aliphatic rings. The van der Waals surface area contributed by atoms with Crippen LogP contribution >= 0.6 is 0 Å². The van der Waals surface area contributed by atoms with Crippen molar-refractivity contribution in [2.75, 3.05) is 18.0 Å². The number of aromatic nitrogens is 1. The fraction of sp³-hybridized carbons (Fsp3) is 0.409. The van der Waals surface area contributed by atoms with E-state index < -0.39 is 16.1 Å². The van der Waals surface area contributed by atoms with Crippen molar-refractivity contribution in [3.8, 4) is 0 Å². The van der Waals surface area contributed by atoms with Gasteiger partial charge in [-0.2, -0.15) is 4.31 Å². The predicted molar refractivity (Wildman–Crippen MR) is 116 cm³/mol. The van der Waals surface area contributed by atoms with Crippen LogP contribution in [-0.2, 0) is 32.6 Å². The van der Waals surface area contributed by atoms with Crippen molar-refractivity contribution in [2.45, 2.75) is 50.1 Å². The predicted octanol–water partition coefficient (Wildman–Crippen LogP) is 1.85. The number of amides is 2. The number of benzene rings is 1. The van der Waals surface area contributed by atoms with Crippen LogP contribution in [0.4, 0.5) is 5.69 Å². The highest BCUT2D eigenvalue weighted by molar-refractivity contribution is 7.89. The molecule has 4 rings (SSSR count). The van der Waals surface area contributed by atoms with Gasteiger partial charge in [-0.15, -0.1) is 0 Å². The Morgan fingerprint density at radius 3 is 2.61 bits per heavy atom. The van der Waals surface area contributed by atoms with Crippen LogP contribution in [0.1, 0.15) is 37.3 Å². The van der Waals surface area contributed by atoms with Gasteiger partial charge in [0, 0.05) is 51.1 Å². The van der Waals surface area contributed by atoms with Gasteiger partial charge in [-0.3, -0.25) is 19.5 Å². The lowest BCUT2D eigenvalue weighted by Crippen LogP contribution is -2.47. The third-order valence-corrected chi connectivity index (χ3v) is 7.71. The molecule has 0 bridgehead atoms. The Kier molecular flexibility index (Phi) is 6.06. The minimum atomic E-state index is -3.58. The Morgan fingerprint density at radius 2 is 1.94 bits per heavy atom. The minimum Gasteiger partial charge on any atom is -0.350 e. The molecule has 0 saturated carbocycles. The number of piperidine rings is 1. The van der Waals surface area contributed by atoms with E-state index in [1.807, 2.05) is 6.07 Å². The Bertz CT molecular complexity index is 1080. The summed E-state index contributed by atoms with van der Waals surface area (Å²) in [5, 5.41) is 2.86. The fourth-order valence-electron chi connectivity index (χ4n) is 4.25. The molecule has 9 heteroatoms. The highest BCUT2D eigenvalue weighted by atomic mass is 32.2. The molecule has 0 radical (unpaired) electrons. The summed E-state index contributed by atoms with van der Waals surface area (Å²) in [6, 6.07) is 7.73. The first kappa shape index (κ1) is 21.5. The molecule has 1 unspecified atom stereocenters. The number of nitrogens with one attached hydrogen (secondary N) is 1. The van der Waals surface area contributed by atoms with Gasteiger partial charge in [-0.05, 0) is 48.2 Å². The Balaban J connectivity index is 1.55. The van der Waals surface area contributed by atoms with E-state index in [1.165, 1.54) is 22.2 Å². The van der Waals surface area contributed by atoms with E-state index in [4.69, 9.17) is 0 Å². The molecular formula is C22H26N4O4S. The molecule has 8 nitrogen and oxygen atoms in total. The molecule has 164 valence electrons. The molecule has 0 aliphatic carbocycles. The van der Waals surface area contributed by atoms with Crippen molar-refractivity contribution in [2.24, 2.45) is 0 Å². The van der Waals surface area contributed by atoms with Gasteiger partial charge >= 0.3 is 0 Å². The standard InChI is InChI=1S/C22H26N4O4S/c1-16(27)26-20-8-7-19(31(29,30)25-10-3-2-4-11-25)12-18(20)13-21(26)22(28)24-15-17-6-5-9-23-14-17/h5-9,12,14,21H,2-4,10-11,13,15H2,1H3,(H,24,28). The van der Waals surface area contributed by atoms with E-state index in [1.54, 1.807) is 30.6 Å². The van der Waals surface area contributed by atoms with Gasteiger partial charge in [0.25, 0.3) is 0 Å². The van der Waals surface area contributed by atoms with E-state index in [0.717, 1.165) is 24.8 Å². The van der Waals surface area contributed by atoms with Crippen molar-refractivity contribution in [1.82, 2.24) is 14.6 Å². The summed E-state index contributed by atoms with van der Waals surface area (Å²) in [6.07, 6.45) is 6.37. The molecule has 2 aliphatic heterocycles. The summed E-state index contributed by atoms with van der Waals surface area (Å²) in [7, 11) is -3.58. The molecule has 3 heterocycles. The van der Waals surface area contributed by atoms with Gasteiger partial charge in [-0.25, -0.2) is 8.42 Å². The highest BCUT2D eigenvalue weighted by Crippen LogP contribution is 2.35. The second kappa shape index (κ2) is 8.76. The van der Waals surface area contributed by atoms with Crippen LogP contribution in [0.3, 0.4) is 0 Å². The Morgan fingerprint density at radius 1 is 1.16 bits per heavy atom. The zero-order valence-electron chi connectivity index (χ0n) is 17.5. The minimum absolute atomic E-state index is 0.216. The van der Waals surface area contributed by atoms with Crippen molar-refractivity contribution in [1.29, 1.82) is 0 Å². The number of sulfonamides is 1. The van der Waals surface area contributed by atoms with Gasteiger partial charge < -0.3 is 5.32 Å². The summed E-state index contributed by atoms with van der Waals surface area (Å²) in [6.45, 7) is 2.77. The van der Waals surface area contributed by atoms with E-state index in [2.05, 4.69) is 10.3 Å². The molecule has 1 aromatic carbocycles. The van der Waals surface area contributed by atoms with Crippen LogP contribution in [0.5, 0.6) is 0 Å². The number of rotatable bonds is 5. The number of hydrogen-bond acceptors (Lipinski definition) is 5. The van der Waals surface area contributed by atoms with Gasteiger partial charge in [0.15, 0.2) is 0 Å². The molecule has 0 spiro atoms. The van der Waals surface area contributed by atoms with Crippen LogP contribution in [-0.4, -0.2) is 48.7 Å². The normalized spacial score (nSPS) is 19.1. The Hall–Kier alpha value is -2.78. The molecule has 1 saturated heterocycles. The van der Waals surface area contributed by atoms with E-state index >= 15 is 0 Å². The molecule has 2 amide bonds. The van der Waals surface area contributed by atoms with Gasteiger partial charge in [-0.1, -0.05) is 12.5 Å². The van der Waals surface area contributed by atoms with E-state index in [9.17, 15) is 18.0 Å². The van der Waals surface area contributed by atoms with Crippen LogP contribution in [0.2, 0.25) is 0 Å². The summed E-state index contributed by atoms with van der Waals surface area (Å²) in [4.78, 5) is 30.9. The van der Waals surface area contributed by atoms with Crippen LogP contribution < -0.4 is 10.2 Å². The average molecular weight is 443 g/mol. The molecular weight excluding hydrogens is 416 g/mol. The number of nitrogens with zero attached hydrogens (tertiary/aromatic N) is 3. The van der Waals surface area contributed by atoms with Crippen LogP contribution in [0.15, 0.2) is 47.6 Å². The summed E-state index contributed by atoms with van der Waals surface area (Å²) in [5.74, 6) is -0.539. The number of hydrogen-bond donors (Lipinski definition) is 1. The Labute approximate surface area is 182 Å². The lowest BCUT2D eigenvalue weighted by molar-refractivity contribution is -0.125. The monoisotopic (exact) mass is 442 g/mol. The molecule has 1 fully saturated rings. The van der Waals surface area contributed by atoms with E-state index in [-0.39, 0.29) is 23.1 Å². The summed E-state index contributed by atoms with van der Waals surface area (Å²) >= 11 is 0. The lowest BCUT2D eigenvalue weighted by atomic mass is 10.1. The lowest BCUT2D eigenvalue weighted by Gasteiger charge is -2.26. The average Bonchev–Trinajstić information content (AvgIpc) is 3.18. The van der Waals surface area contributed by atoms with Crippen molar-refractivity contribution in [3.63, 3.8) is 0 Å². The summed E-state index contributed by atoms with van der Waals surface area (Å²) < 4.78 is 27.6. The maximum Gasteiger partial charge on any atom is 0.243 e. The summed E-state index contributed by atoms with van der Waals surface area (Å²) in [5.41, 5.74) is 2.14. The number of carbonyl (C=O) groups is 2. The smallest absolute Gasteiger partial charge is 0.243 e. The zero-order valence-corrected chi connectivity index (χ0v) is 18.3. The highest BCUT2D eigenvalue weighted by Gasteiger charge is 2.38. The fourth-order valence-corrected chi connectivity index (χ4v) is 5.82. The maximum absolute atomic E-state index is 13.0. The molecule has 2 aromatic rings. The van der Waals surface area contributed by atoms with Crippen LogP contribution in [0.25, 0.3) is 0 Å². The quantitative estimate of drug-likeness (QED) is 0.762. The van der Waals surface area contributed by atoms with Crippen molar-refractivity contribution < 1.29 is 18.0 Å². The number of fused-ring (bicyclic) bond motifs is 1. The maximum atomic E-state index is 13.0. The zero-order chi connectivity index (χ0) is 22.0. The third kappa shape index (κ3) is 4.33. The van der Waals surface area contributed by atoms with E-state index in [0.29, 0.717) is 30.9 Å². The second-order valence-corrected chi connectivity index (χ2v) is 9.88. The number of carbonyl (C=O) groups excluding carboxylic acids is 2.